The van der Waals surface area contributed by atoms with Crippen LogP contribution in [0.5, 0.6) is 0 Å². The number of nitrogens with one attached hydrogen (secondary N) is 1. The topological polar surface area (TPSA) is 110 Å². The number of hydrogen-bond acceptors (Lipinski definition) is 5. The Labute approximate surface area is 195 Å². The molecule has 0 bridgehead atoms. The van der Waals surface area contributed by atoms with Crippen molar-refractivity contribution >= 4 is 40.0 Å². The average molecular weight is 462 g/mol. The number of hydrogen-bond donors (Lipinski definition) is 2. The van der Waals surface area contributed by atoms with Crippen LogP contribution in [-0.2, 0) is 4.79 Å². The Morgan fingerprint density at radius 1 is 1.00 bits per heavy atom. The fourth-order valence-corrected chi connectivity index (χ4v) is 5.11. The van der Waals surface area contributed by atoms with Gasteiger partial charge in [-0.3, -0.25) is 24.1 Å². The summed E-state index contributed by atoms with van der Waals surface area (Å²) < 4.78 is 0. The quantitative estimate of drug-likeness (QED) is 0.515. The number of nitrogens with zero attached hydrogens (tertiary/aromatic N) is 1. The highest BCUT2D eigenvalue weighted by Crippen LogP contribution is 2.39. The number of amides is 4. The van der Waals surface area contributed by atoms with Crippen LogP contribution in [0.1, 0.15) is 54.4 Å². The van der Waals surface area contributed by atoms with Crippen LogP contribution in [0, 0.1) is 13.8 Å². The van der Waals surface area contributed by atoms with Crippen molar-refractivity contribution in [3.8, 4) is 11.1 Å². The molecule has 1 aliphatic rings. The molecule has 2 heterocycles. The zero-order chi connectivity index (χ0) is 23.7. The van der Waals surface area contributed by atoms with E-state index >= 15 is 0 Å². The van der Waals surface area contributed by atoms with Crippen molar-refractivity contribution < 1.29 is 19.2 Å². The lowest BCUT2D eigenvalue weighted by Crippen LogP contribution is -2.31. The van der Waals surface area contributed by atoms with Crippen LogP contribution in [0.4, 0.5) is 5.00 Å². The Balaban J connectivity index is 1.43. The third-order valence-corrected chi connectivity index (χ3v) is 6.58. The minimum Gasteiger partial charge on any atom is -0.365 e. The maximum Gasteiger partial charge on any atom is 0.261 e. The summed E-state index contributed by atoms with van der Waals surface area (Å²) in [5, 5.41) is 3.19. The molecule has 8 heteroatoms. The van der Waals surface area contributed by atoms with E-state index in [0.717, 1.165) is 16.0 Å². The van der Waals surface area contributed by atoms with E-state index in [9.17, 15) is 19.2 Å². The first kappa shape index (κ1) is 22.4. The van der Waals surface area contributed by atoms with E-state index < -0.39 is 5.91 Å². The molecule has 0 radical (unpaired) electrons. The molecule has 3 N–H and O–H groups in total. The second-order valence-corrected chi connectivity index (χ2v) is 9.16. The molecule has 4 rings (SSSR count). The van der Waals surface area contributed by atoms with E-state index in [1.54, 1.807) is 18.2 Å². The number of fused-ring (bicyclic) bond motifs is 1. The zero-order valence-corrected chi connectivity index (χ0v) is 19.1. The second kappa shape index (κ2) is 8.99. The summed E-state index contributed by atoms with van der Waals surface area (Å²) in [6.45, 7) is 3.88. The van der Waals surface area contributed by atoms with Gasteiger partial charge in [0.1, 0.15) is 5.00 Å². The third kappa shape index (κ3) is 4.29. The van der Waals surface area contributed by atoms with Gasteiger partial charge >= 0.3 is 0 Å². The van der Waals surface area contributed by atoms with Gasteiger partial charge in [-0.2, -0.15) is 0 Å². The molecule has 1 aliphatic heterocycles. The molecule has 0 aliphatic carbocycles. The van der Waals surface area contributed by atoms with Gasteiger partial charge in [0.05, 0.1) is 16.7 Å². The minimum atomic E-state index is -0.616. The van der Waals surface area contributed by atoms with Crippen LogP contribution in [0.2, 0.25) is 0 Å². The van der Waals surface area contributed by atoms with E-state index in [1.807, 2.05) is 44.2 Å². The number of thiophene rings is 1. The van der Waals surface area contributed by atoms with Crippen LogP contribution in [0.3, 0.4) is 0 Å². The predicted molar refractivity (Wildman–Crippen MR) is 127 cm³/mol. The lowest BCUT2D eigenvalue weighted by Gasteiger charge is -2.13. The van der Waals surface area contributed by atoms with E-state index in [0.29, 0.717) is 28.1 Å². The fraction of sp³-hybridized carbons (Fsp3) is 0.200. The molecule has 0 atom stereocenters. The Bertz CT molecular complexity index is 1280. The largest absolute Gasteiger partial charge is 0.365 e. The van der Waals surface area contributed by atoms with Gasteiger partial charge in [0.2, 0.25) is 5.91 Å². The molecule has 0 saturated carbocycles. The summed E-state index contributed by atoms with van der Waals surface area (Å²) in [5.74, 6) is -1.61. The number of carbonyl (C=O) groups excluding carboxylic acids is 4. The normalized spacial score (nSPS) is 12.7. The van der Waals surface area contributed by atoms with E-state index in [4.69, 9.17) is 5.73 Å². The first-order valence-corrected chi connectivity index (χ1v) is 11.3. The summed E-state index contributed by atoms with van der Waals surface area (Å²) in [7, 11) is 0. The summed E-state index contributed by atoms with van der Waals surface area (Å²) in [6.07, 6.45) is 0.389. The third-order valence-electron chi connectivity index (χ3n) is 5.56. The summed E-state index contributed by atoms with van der Waals surface area (Å²) in [6, 6.07) is 14.6. The minimum absolute atomic E-state index is 0.0856. The number of anilines is 1. The molecule has 4 amide bonds. The molecule has 0 fully saturated rings. The first-order chi connectivity index (χ1) is 15.8. The standard InChI is InChI=1S/C25H23N3O4S/c1-14-10-11-17-18(13-14)25(32)28(24(17)31)12-6-9-19(29)27-23-21(22(26)30)20(15(2)33-23)16-7-4-3-5-8-16/h3-5,7-8,10-11,13H,6,9,12H2,1-2H3,(H2,26,30)(H,27,29). The number of benzene rings is 2. The maximum atomic E-state index is 12.6. The summed E-state index contributed by atoms with van der Waals surface area (Å²) >= 11 is 1.29. The van der Waals surface area contributed by atoms with Gasteiger partial charge in [-0.05, 0) is 38.0 Å². The van der Waals surface area contributed by atoms with Gasteiger partial charge in [-0.25, -0.2) is 0 Å². The highest BCUT2D eigenvalue weighted by molar-refractivity contribution is 7.17. The maximum absolute atomic E-state index is 12.6. The Kier molecular flexibility index (Phi) is 6.11. The monoisotopic (exact) mass is 461 g/mol. The van der Waals surface area contributed by atoms with Crippen molar-refractivity contribution in [2.75, 3.05) is 11.9 Å². The van der Waals surface area contributed by atoms with Crippen LogP contribution in [0.25, 0.3) is 11.1 Å². The fourth-order valence-electron chi connectivity index (χ4n) is 4.01. The van der Waals surface area contributed by atoms with E-state index in [2.05, 4.69) is 5.32 Å². The van der Waals surface area contributed by atoms with Crippen LogP contribution >= 0.6 is 11.3 Å². The Hall–Kier alpha value is -3.78. The molecule has 168 valence electrons. The first-order valence-electron chi connectivity index (χ1n) is 10.5. The Morgan fingerprint density at radius 3 is 2.39 bits per heavy atom. The molecule has 3 aromatic rings. The van der Waals surface area contributed by atoms with Gasteiger partial charge in [-0.15, -0.1) is 11.3 Å². The van der Waals surface area contributed by atoms with Crippen LogP contribution in [0.15, 0.2) is 48.5 Å². The van der Waals surface area contributed by atoms with Gasteiger partial charge < -0.3 is 11.1 Å². The van der Waals surface area contributed by atoms with Crippen molar-refractivity contribution in [1.82, 2.24) is 4.90 Å². The van der Waals surface area contributed by atoms with Crippen LogP contribution < -0.4 is 11.1 Å². The lowest BCUT2D eigenvalue weighted by atomic mass is 10.0. The molecule has 0 spiro atoms. The molecular weight excluding hydrogens is 438 g/mol. The number of aryl methyl sites for hydroxylation is 2. The molecule has 33 heavy (non-hydrogen) atoms. The molecule has 0 saturated heterocycles. The highest BCUT2D eigenvalue weighted by Gasteiger charge is 2.35. The highest BCUT2D eigenvalue weighted by atomic mass is 32.1. The summed E-state index contributed by atoms with van der Waals surface area (Å²) in [4.78, 5) is 52.0. The number of imide groups is 1. The second-order valence-electron chi connectivity index (χ2n) is 7.93. The predicted octanol–water partition coefficient (Wildman–Crippen LogP) is 4.15. The van der Waals surface area contributed by atoms with Gasteiger partial charge in [0.15, 0.2) is 0 Å². The lowest BCUT2D eigenvalue weighted by molar-refractivity contribution is -0.116. The number of carbonyl (C=O) groups is 4. The van der Waals surface area contributed by atoms with Gasteiger partial charge in [0, 0.05) is 23.4 Å². The van der Waals surface area contributed by atoms with E-state index in [-0.39, 0.29) is 36.3 Å². The van der Waals surface area contributed by atoms with Crippen molar-refractivity contribution in [1.29, 1.82) is 0 Å². The number of primary amides is 1. The molecule has 0 unspecified atom stereocenters. The number of rotatable bonds is 7. The van der Waals surface area contributed by atoms with Crippen molar-refractivity contribution in [3.63, 3.8) is 0 Å². The van der Waals surface area contributed by atoms with Gasteiger partial charge in [-0.1, -0.05) is 42.0 Å². The SMILES string of the molecule is Cc1ccc2c(c1)C(=O)N(CCCC(=O)Nc1sc(C)c(-c3ccccc3)c1C(N)=O)C2=O. The summed E-state index contributed by atoms with van der Waals surface area (Å²) in [5.41, 5.74) is 9.19. The Morgan fingerprint density at radius 2 is 1.70 bits per heavy atom. The van der Waals surface area contributed by atoms with Crippen molar-refractivity contribution in [3.05, 3.63) is 75.7 Å². The molecule has 2 aromatic carbocycles. The molecular formula is C25H23N3O4S. The smallest absolute Gasteiger partial charge is 0.261 e. The van der Waals surface area contributed by atoms with E-state index in [1.165, 1.54) is 16.2 Å². The molecule has 1 aromatic heterocycles. The zero-order valence-electron chi connectivity index (χ0n) is 18.3. The van der Waals surface area contributed by atoms with Crippen molar-refractivity contribution in [2.24, 2.45) is 5.73 Å². The van der Waals surface area contributed by atoms with Crippen molar-refractivity contribution in [2.45, 2.75) is 26.7 Å². The average Bonchev–Trinajstić information content (AvgIpc) is 3.22. The van der Waals surface area contributed by atoms with Gasteiger partial charge in [0.25, 0.3) is 17.7 Å². The molecule has 7 nitrogen and oxygen atoms in total. The number of nitrogens with two attached hydrogens (primary N) is 1. The van der Waals surface area contributed by atoms with Crippen LogP contribution in [-0.4, -0.2) is 35.1 Å².